The van der Waals surface area contributed by atoms with Crippen molar-refractivity contribution < 1.29 is 27.5 Å². The van der Waals surface area contributed by atoms with E-state index in [2.05, 4.69) is 6.08 Å². The van der Waals surface area contributed by atoms with Crippen LogP contribution in [-0.4, -0.2) is 60.8 Å². The highest BCUT2D eigenvalue weighted by Crippen LogP contribution is 2.30. The summed E-state index contributed by atoms with van der Waals surface area (Å²) in [5, 5.41) is 9.38. The fraction of sp³-hybridized carbons (Fsp3) is 0.556. The molecule has 1 aromatic rings. The van der Waals surface area contributed by atoms with E-state index in [-0.39, 0.29) is 46.9 Å². The molecule has 0 aromatic carbocycles. The van der Waals surface area contributed by atoms with Crippen LogP contribution in [0.15, 0.2) is 21.5 Å². The summed E-state index contributed by atoms with van der Waals surface area (Å²) in [7, 11) is -4.01. The molecule has 1 N–H and O–H groups in total. The minimum absolute atomic E-state index is 0.0319. The summed E-state index contributed by atoms with van der Waals surface area (Å²) >= 11 is 0. The van der Waals surface area contributed by atoms with Crippen molar-refractivity contribution in [2.45, 2.75) is 38.0 Å². The van der Waals surface area contributed by atoms with E-state index in [4.69, 9.17) is 4.42 Å². The Kier molecular flexibility index (Phi) is 5.43. The molecule has 1 aliphatic heterocycles. The highest BCUT2D eigenvalue weighted by molar-refractivity contribution is 7.89. The van der Waals surface area contributed by atoms with Gasteiger partial charge in [0.05, 0.1) is 0 Å². The van der Waals surface area contributed by atoms with Gasteiger partial charge in [-0.3, -0.25) is 4.79 Å². The second-order valence-corrected chi connectivity index (χ2v) is 8.81. The summed E-state index contributed by atoms with van der Waals surface area (Å²) in [5.74, 6) is -1.16. The van der Waals surface area contributed by atoms with Gasteiger partial charge in [-0.1, -0.05) is 12.2 Å². The molecular weight excluding hydrogens is 372 g/mol. The van der Waals surface area contributed by atoms with Gasteiger partial charge in [0.1, 0.15) is 22.0 Å². The number of carboxylic acids is 1. The summed E-state index contributed by atoms with van der Waals surface area (Å²) in [4.78, 5) is 25.5. The molecule has 1 amide bonds. The largest absolute Gasteiger partial charge is 0.478 e. The van der Waals surface area contributed by atoms with E-state index in [0.717, 1.165) is 19.3 Å². The van der Waals surface area contributed by atoms with Crippen LogP contribution < -0.4 is 0 Å². The highest BCUT2D eigenvalue weighted by atomic mass is 32.2. The molecule has 148 valence electrons. The second kappa shape index (κ2) is 7.47. The topological polar surface area (TPSA) is 108 Å². The lowest BCUT2D eigenvalue weighted by atomic mass is 9.93. The van der Waals surface area contributed by atoms with E-state index in [0.29, 0.717) is 13.1 Å². The van der Waals surface area contributed by atoms with Gasteiger partial charge in [0.2, 0.25) is 15.9 Å². The number of hydrogen-bond donors (Lipinski definition) is 1. The Hall–Kier alpha value is -2.13. The zero-order chi connectivity index (χ0) is 19.8. The van der Waals surface area contributed by atoms with Crippen LogP contribution in [0.1, 0.15) is 41.1 Å². The standard InChI is InChI=1S/C18H24N2O6S/c1-12-15(18(22)23)16(13(2)26-12)27(24,25)20-10-8-19(9-11-20)17(21)14-6-4-3-5-7-14/h3-4,14H,5-11H2,1-2H3,(H,22,23). The molecular formula is C18H24N2O6S. The van der Waals surface area contributed by atoms with Crippen LogP contribution in [0.2, 0.25) is 0 Å². The summed E-state index contributed by atoms with van der Waals surface area (Å²) in [6.45, 7) is 3.76. The molecule has 1 atom stereocenters. The fourth-order valence-electron chi connectivity index (χ4n) is 3.78. The van der Waals surface area contributed by atoms with Gasteiger partial charge in [-0.05, 0) is 33.1 Å². The Morgan fingerprint density at radius 1 is 1.11 bits per heavy atom. The number of carbonyl (C=O) groups is 2. The number of aromatic carboxylic acids is 1. The van der Waals surface area contributed by atoms with Crippen molar-refractivity contribution in [1.82, 2.24) is 9.21 Å². The number of furan rings is 1. The Morgan fingerprint density at radius 2 is 1.78 bits per heavy atom. The van der Waals surface area contributed by atoms with Crippen molar-refractivity contribution in [3.63, 3.8) is 0 Å². The molecule has 27 heavy (non-hydrogen) atoms. The molecule has 3 rings (SSSR count). The number of carboxylic acid groups (broad SMARTS) is 1. The van der Waals surface area contributed by atoms with Gasteiger partial charge in [-0.2, -0.15) is 4.31 Å². The quantitative estimate of drug-likeness (QED) is 0.777. The third-order valence-electron chi connectivity index (χ3n) is 5.19. The lowest BCUT2D eigenvalue weighted by Gasteiger charge is -2.36. The maximum atomic E-state index is 13.0. The minimum Gasteiger partial charge on any atom is -0.478 e. The van der Waals surface area contributed by atoms with Crippen molar-refractivity contribution in [3.8, 4) is 0 Å². The van der Waals surface area contributed by atoms with Crippen molar-refractivity contribution in [2.75, 3.05) is 26.2 Å². The van der Waals surface area contributed by atoms with E-state index in [1.54, 1.807) is 4.90 Å². The van der Waals surface area contributed by atoms with Crippen LogP contribution in [0.25, 0.3) is 0 Å². The van der Waals surface area contributed by atoms with Crippen molar-refractivity contribution >= 4 is 21.9 Å². The minimum atomic E-state index is -4.01. The summed E-state index contributed by atoms with van der Waals surface area (Å²) in [6, 6.07) is 0. The van der Waals surface area contributed by atoms with E-state index < -0.39 is 16.0 Å². The molecule has 8 nitrogen and oxygen atoms in total. The Morgan fingerprint density at radius 3 is 2.33 bits per heavy atom. The summed E-state index contributed by atoms with van der Waals surface area (Å²) in [6.07, 6.45) is 6.53. The molecule has 0 spiro atoms. The lowest BCUT2D eigenvalue weighted by Crippen LogP contribution is -2.52. The molecule has 0 radical (unpaired) electrons. The number of carbonyl (C=O) groups excluding carboxylic acids is 1. The zero-order valence-electron chi connectivity index (χ0n) is 15.5. The van der Waals surface area contributed by atoms with Crippen LogP contribution in [0.5, 0.6) is 0 Å². The summed E-state index contributed by atoms with van der Waals surface area (Å²) in [5.41, 5.74) is -0.319. The number of nitrogens with zero attached hydrogens (tertiary/aromatic N) is 2. The normalized spacial score (nSPS) is 21.4. The third-order valence-corrected chi connectivity index (χ3v) is 7.24. The molecule has 2 heterocycles. The lowest BCUT2D eigenvalue weighted by molar-refractivity contribution is -0.137. The first-order chi connectivity index (χ1) is 12.7. The SMILES string of the molecule is Cc1oc(C)c(S(=O)(=O)N2CCN(C(=O)C3CC=CCC3)CC2)c1C(=O)O. The molecule has 2 aliphatic rings. The van der Waals surface area contributed by atoms with Crippen LogP contribution in [0, 0.1) is 19.8 Å². The molecule has 9 heteroatoms. The van der Waals surface area contributed by atoms with Gasteiger partial charge in [-0.25, -0.2) is 13.2 Å². The predicted molar refractivity (Wildman–Crippen MR) is 97.0 cm³/mol. The van der Waals surface area contributed by atoms with Crippen molar-refractivity contribution in [1.29, 1.82) is 0 Å². The van der Waals surface area contributed by atoms with Gasteiger partial charge in [-0.15, -0.1) is 0 Å². The van der Waals surface area contributed by atoms with Crippen LogP contribution >= 0.6 is 0 Å². The van der Waals surface area contributed by atoms with Gasteiger partial charge in [0, 0.05) is 32.1 Å². The number of amides is 1. The maximum Gasteiger partial charge on any atom is 0.340 e. The molecule has 0 bridgehead atoms. The second-order valence-electron chi connectivity index (χ2n) is 6.93. The highest BCUT2D eigenvalue weighted by Gasteiger charge is 2.37. The van der Waals surface area contributed by atoms with E-state index in [9.17, 15) is 23.1 Å². The van der Waals surface area contributed by atoms with Gasteiger partial charge < -0.3 is 14.4 Å². The Bertz CT molecular complexity index is 878. The number of hydrogen-bond acceptors (Lipinski definition) is 5. The molecule has 1 saturated heterocycles. The average Bonchev–Trinajstić information content (AvgIpc) is 2.97. The molecule has 1 aliphatic carbocycles. The third kappa shape index (κ3) is 3.66. The van der Waals surface area contributed by atoms with Crippen LogP contribution in [-0.2, 0) is 14.8 Å². The van der Waals surface area contributed by atoms with E-state index >= 15 is 0 Å². The van der Waals surface area contributed by atoms with E-state index in [1.807, 2.05) is 6.08 Å². The fourth-order valence-corrected chi connectivity index (χ4v) is 5.57. The van der Waals surface area contributed by atoms with Crippen LogP contribution in [0.4, 0.5) is 0 Å². The number of sulfonamides is 1. The predicted octanol–water partition coefficient (Wildman–Crippen LogP) is 1.78. The van der Waals surface area contributed by atoms with Crippen molar-refractivity contribution in [2.24, 2.45) is 5.92 Å². The monoisotopic (exact) mass is 396 g/mol. The molecule has 1 unspecified atom stereocenters. The zero-order valence-corrected chi connectivity index (χ0v) is 16.3. The first kappa shape index (κ1) is 19.6. The van der Waals surface area contributed by atoms with Crippen molar-refractivity contribution in [3.05, 3.63) is 29.2 Å². The number of aryl methyl sites for hydroxylation is 2. The first-order valence-electron chi connectivity index (χ1n) is 9.00. The number of allylic oxidation sites excluding steroid dienone is 2. The van der Waals surface area contributed by atoms with Gasteiger partial charge in [0.25, 0.3) is 0 Å². The first-order valence-corrected chi connectivity index (χ1v) is 10.4. The smallest absolute Gasteiger partial charge is 0.340 e. The number of piperazine rings is 1. The Labute approximate surface area is 158 Å². The van der Waals surface area contributed by atoms with Crippen LogP contribution in [0.3, 0.4) is 0 Å². The molecule has 1 fully saturated rings. The van der Waals surface area contributed by atoms with E-state index in [1.165, 1.54) is 18.2 Å². The van der Waals surface area contributed by atoms with Gasteiger partial charge >= 0.3 is 5.97 Å². The molecule has 1 aromatic heterocycles. The Balaban J connectivity index is 1.75. The summed E-state index contributed by atoms with van der Waals surface area (Å²) < 4.78 is 32.5. The average molecular weight is 396 g/mol. The number of rotatable bonds is 4. The van der Waals surface area contributed by atoms with Gasteiger partial charge in [0.15, 0.2) is 0 Å². The maximum absolute atomic E-state index is 13.0. The molecule has 0 saturated carbocycles.